The van der Waals surface area contributed by atoms with Crippen LogP contribution in [0.4, 0.5) is 0 Å². The number of rotatable bonds is 6. The molecule has 0 aromatic rings. The maximum absolute atomic E-state index is 8.84. The Morgan fingerprint density at radius 3 is 3.00 bits per heavy atom. The number of aliphatic hydroxyl groups excluding tert-OH is 1. The SMILES string of the molecule is CCCC1CC(N[C@H](C)CCO)CCO1. The lowest BCUT2D eigenvalue weighted by Crippen LogP contribution is -2.43. The van der Waals surface area contributed by atoms with Crippen molar-refractivity contribution in [3.8, 4) is 0 Å². The Hall–Kier alpha value is -0.120. The summed E-state index contributed by atoms with van der Waals surface area (Å²) in [6, 6.07) is 0.997. The largest absolute Gasteiger partial charge is 0.396 e. The van der Waals surface area contributed by atoms with Crippen LogP contribution >= 0.6 is 0 Å². The highest BCUT2D eigenvalue weighted by molar-refractivity contribution is 4.78. The number of nitrogens with one attached hydrogen (secondary N) is 1. The van der Waals surface area contributed by atoms with Crippen LogP contribution in [0.2, 0.25) is 0 Å². The standard InChI is InChI=1S/C12H25NO2/c1-3-4-12-9-11(6-8-15-12)13-10(2)5-7-14/h10-14H,3-9H2,1-2H3/t10-,11?,12?/m1/s1. The third-order valence-corrected chi connectivity index (χ3v) is 3.06. The number of aliphatic hydroxyl groups is 1. The first-order valence-electron chi connectivity index (χ1n) is 6.24. The third kappa shape index (κ3) is 4.96. The summed E-state index contributed by atoms with van der Waals surface area (Å²) in [5.41, 5.74) is 0. The second kappa shape index (κ2) is 7.20. The molecule has 0 amide bonds. The molecule has 1 saturated heterocycles. The van der Waals surface area contributed by atoms with Crippen molar-refractivity contribution in [3.63, 3.8) is 0 Å². The fourth-order valence-corrected chi connectivity index (χ4v) is 2.23. The molecule has 0 bridgehead atoms. The molecule has 0 saturated carbocycles. The van der Waals surface area contributed by atoms with E-state index in [1.54, 1.807) is 0 Å². The Morgan fingerprint density at radius 1 is 1.53 bits per heavy atom. The molecule has 0 aliphatic carbocycles. The highest BCUT2D eigenvalue weighted by atomic mass is 16.5. The van der Waals surface area contributed by atoms with E-state index in [1.807, 2.05) is 0 Å². The average molecular weight is 215 g/mol. The predicted octanol–water partition coefficient (Wildman–Crippen LogP) is 1.69. The first kappa shape index (κ1) is 12.9. The van der Waals surface area contributed by atoms with Crippen LogP contribution in [-0.4, -0.2) is 36.5 Å². The van der Waals surface area contributed by atoms with Gasteiger partial charge < -0.3 is 15.2 Å². The molecular weight excluding hydrogens is 190 g/mol. The minimum Gasteiger partial charge on any atom is -0.396 e. The molecule has 1 rings (SSSR count). The molecule has 15 heavy (non-hydrogen) atoms. The summed E-state index contributed by atoms with van der Waals surface area (Å²) in [6.07, 6.45) is 5.90. The molecule has 3 atom stereocenters. The van der Waals surface area contributed by atoms with Crippen LogP contribution < -0.4 is 5.32 Å². The van der Waals surface area contributed by atoms with Crippen molar-refractivity contribution in [2.45, 2.75) is 64.1 Å². The zero-order valence-corrected chi connectivity index (χ0v) is 10.0. The zero-order valence-electron chi connectivity index (χ0n) is 10.0. The molecule has 1 aliphatic rings. The van der Waals surface area contributed by atoms with Gasteiger partial charge in [0.05, 0.1) is 6.10 Å². The zero-order chi connectivity index (χ0) is 11.1. The first-order valence-corrected chi connectivity index (χ1v) is 6.24. The van der Waals surface area contributed by atoms with Crippen molar-refractivity contribution in [2.75, 3.05) is 13.2 Å². The van der Waals surface area contributed by atoms with Crippen LogP contribution in [0.25, 0.3) is 0 Å². The van der Waals surface area contributed by atoms with E-state index in [1.165, 1.54) is 12.8 Å². The molecule has 1 aliphatic heterocycles. The van der Waals surface area contributed by atoms with Gasteiger partial charge in [-0.15, -0.1) is 0 Å². The van der Waals surface area contributed by atoms with Gasteiger partial charge in [-0.25, -0.2) is 0 Å². The predicted molar refractivity (Wildman–Crippen MR) is 62.0 cm³/mol. The van der Waals surface area contributed by atoms with Gasteiger partial charge in [-0.1, -0.05) is 13.3 Å². The number of hydrogen-bond donors (Lipinski definition) is 2. The number of ether oxygens (including phenoxy) is 1. The lowest BCUT2D eigenvalue weighted by molar-refractivity contribution is -0.00505. The molecule has 2 N–H and O–H groups in total. The summed E-state index contributed by atoms with van der Waals surface area (Å²) in [7, 11) is 0. The van der Waals surface area contributed by atoms with E-state index in [2.05, 4.69) is 19.2 Å². The van der Waals surface area contributed by atoms with Crippen LogP contribution in [-0.2, 0) is 4.74 Å². The molecule has 0 aromatic carbocycles. The molecular formula is C12H25NO2. The van der Waals surface area contributed by atoms with Crippen LogP contribution in [0.5, 0.6) is 0 Å². The molecule has 0 radical (unpaired) electrons. The van der Waals surface area contributed by atoms with Gasteiger partial charge in [0, 0.05) is 25.3 Å². The van der Waals surface area contributed by atoms with E-state index in [-0.39, 0.29) is 6.61 Å². The smallest absolute Gasteiger partial charge is 0.0589 e. The van der Waals surface area contributed by atoms with Gasteiger partial charge in [0.2, 0.25) is 0 Å². The normalized spacial score (nSPS) is 29.0. The second-order valence-corrected chi connectivity index (χ2v) is 4.58. The number of hydrogen-bond acceptors (Lipinski definition) is 3. The highest BCUT2D eigenvalue weighted by Crippen LogP contribution is 2.18. The maximum Gasteiger partial charge on any atom is 0.0589 e. The Balaban J connectivity index is 2.23. The summed E-state index contributed by atoms with van der Waals surface area (Å²) in [4.78, 5) is 0. The van der Waals surface area contributed by atoms with Gasteiger partial charge in [-0.05, 0) is 32.6 Å². The molecule has 1 heterocycles. The van der Waals surface area contributed by atoms with E-state index in [4.69, 9.17) is 9.84 Å². The van der Waals surface area contributed by atoms with Crippen LogP contribution in [0.15, 0.2) is 0 Å². The average Bonchev–Trinajstić information content (AvgIpc) is 2.19. The quantitative estimate of drug-likeness (QED) is 0.708. The van der Waals surface area contributed by atoms with Crippen LogP contribution in [0.3, 0.4) is 0 Å². The van der Waals surface area contributed by atoms with E-state index in [9.17, 15) is 0 Å². The van der Waals surface area contributed by atoms with Gasteiger partial charge in [-0.3, -0.25) is 0 Å². The van der Waals surface area contributed by atoms with Crippen molar-refractivity contribution in [2.24, 2.45) is 0 Å². The Morgan fingerprint density at radius 2 is 2.33 bits per heavy atom. The van der Waals surface area contributed by atoms with Crippen LogP contribution in [0.1, 0.15) is 46.0 Å². The third-order valence-electron chi connectivity index (χ3n) is 3.06. The summed E-state index contributed by atoms with van der Waals surface area (Å²) in [6.45, 7) is 5.50. The summed E-state index contributed by atoms with van der Waals surface area (Å²) in [5, 5.41) is 12.4. The van der Waals surface area contributed by atoms with E-state index in [0.717, 1.165) is 25.9 Å². The lowest BCUT2D eigenvalue weighted by atomic mass is 9.99. The summed E-state index contributed by atoms with van der Waals surface area (Å²) >= 11 is 0. The fourth-order valence-electron chi connectivity index (χ4n) is 2.23. The summed E-state index contributed by atoms with van der Waals surface area (Å²) in [5.74, 6) is 0. The first-order chi connectivity index (χ1) is 7.26. The van der Waals surface area contributed by atoms with Crippen LogP contribution in [0, 0.1) is 0 Å². The topological polar surface area (TPSA) is 41.5 Å². The van der Waals surface area contributed by atoms with Crippen molar-refractivity contribution < 1.29 is 9.84 Å². The molecule has 1 fully saturated rings. The minimum absolute atomic E-state index is 0.274. The molecule has 0 spiro atoms. The van der Waals surface area contributed by atoms with Gasteiger partial charge in [0.1, 0.15) is 0 Å². The van der Waals surface area contributed by atoms with Crippen molar-refractivity contribution in [1.29, 1.82) is 0 Å². The van der Waals surface area contributed by atoms with Gasteiger partial charge in [0.25, 0.3) is 0 Å². The fraction of sp³-hybridized carbons (Fsp3) is 1.00. The maximum atomic E-state index is 8.84. The van der Waals surface area contributed by atoms with Crippen molar-refractivity contribution in [3.05, 3.63) is 0 Å². The Kier molecular flexibility index (Phi) is 6.22. The molecule has 0 aromatic heterocycles. The van der Waals surface area contributed by atoms with Gasteiger partial charge in [-0.2, -0.15) is 0 Å². The van der Waals surface area contributed by atoms with E-state index < -0.39 is 0 Å². The summed E-state index contributed by atoms with van der Waals surface area (Å²) < 4.78 is 5.70. The Bertz CT molecular complexity index is 160. The Labute approximate surface area is 93.2 Å². The monoisotopic (exact) mass is 215 g/mol. The molecule has 3 nitrogen and oxygen atoms in total. The van der Waals surface area contributed by atoms with Crippen molar-refractivity contribution >= 4 is 0 Å². The molecule has 2 unspecified atom stereocenters. The van der Waals surface area contributed by atoms with Gasteiger partial charge >= 0.3 is 0 Å². The van der Waals surface area contributed by atoms with E-state index in [0.29, 0.717) is 18.2 Å². The second-order valence-electron chi connectivity index (χ2n) is 4.58. The van der Waals surface area contributed by atoms with Gasteiger partial charge in [0.15, 0.2) is 0 Å². The minimum atomic E-state index is 0.274. The molecule has 3 heteroatoms. The van der Waals surface area contributed by atoms with Crippen molar-refractivity contribution in [1.82, 2.24) is 5.32 Å². The lowest BCUT2D eigenvalue weighted by Gasteiger charge is -2.32. The molecule has 90 valence electrons. The highest BCUT2D eigenvalue weighted by Gasteiger charge is 2.22. The van der Waals surface area contributed by atoms with E-state index >= 15 is 0 Å².